The third-order valence-corrected chi connectivity index (χ3v) is 12.3. The number of carbonyl (C=O) groups excluding carboxylic acids is 2. The molecule has 0 spiro atoms. The van der Waals surface area contributed by atoms with Gasteiger partial charge in [0.1, 0.15) is 0 Å². The van der Waals surface area contributed by atoms with Crippen molar-refractivity contribution in [1.29, 1.82) is 5.26 Å². The van der Waals surface area contributed by atoms with Crippen molar-refractivity contribution >= 4 is 34.2 Å². The van der Waals surface area contributed by atoms with Gasteiger partial charge in [-0.05, 0) is 107 Å². The quantitative estimate of drug-likeness (QED) is 0.283. The highest BCUT2D eigenvalue weighted by Crippen LogP contribution is 2.73. The Morgan fingerprint density at radius 3 is 2.21 bits per heavy atom. The second kappa shape index (κ2) is 6.96. The minimum Gasteiger partial charge on any atom is -0.294 e. The fourth-order valence-electron chi connectivity index (χ4n) is 9.13. The van der Waals surface area contributed by atoms with Gasteiger partial charge in [-0.1, -0.05) is 53.7 Å². The topological polar surface area (TPSA) is 57.9 Å². The van der Waals surface area contributed by atoms with Gasteiger partial charge in [-0.2, -0.15) is 5.26 Å². The standard InChI is InChI=1S/C30H38INO2/c1-25(2)22-8-9-30(7)23(28(22,5)16-20(31)24(25)34)21(33)14-18-19-15-26(3,17-32)10-11-27(19,4)12-13-29(18,30)6/h14-16,22-23H,8-13H2,1-7H3/t22-,23+,26-,27+,28-,29+,30+/m0/s1. The van der Waals surface area contributed by atoms with Crippen molar-refractivity contribution in [3.63, 3.8) is 0 Å². The van der Waals surface area contributed by atoms with Crippen molar-refractivity contribution < 1.29 is 9.59 Å². The van der Waals surface area contributed by atoms with Crippen molar-refractivity contribution in [1.82, 2.24) is 0 Å². The predicted molar refractivity (Wildman–Crippen MR) is 143 cm³/mol. The van der Waals surface area contributed by atoms with Gasteiger partial charge in [-0.3, -0.25) is 9.59 Å². The molecule has 0 saturated heterocycles. The van der Waals surface area contributed by atoms with Crippen molar-refractivity contribution in [3.8, 4) is 6.07 Å². The van der Waals surface area contributed by atoms with Crippen LogP contribution in [0.5, 0.6) is 0 Å². The van der Waals surface area contributed by atoms with Gasteiger partial charge in [0.15, 0.2) is 11.6 Å². The molecule has 7 atom stereocenters. The summed E-state index contributed by atoms with van der Waals surface area (Å²) in [5.74, 6) is 0.473. The molecule has 0 heterocycles. The van der Waals surface area contributed by atoms with E-state index in [-0.39, 0.29) is 45.1 Å². The predicted octanol–water partition coefficient (Wildman–Crippen LogP) is 7.52. The average molecular weight is 572 g/mol. The Balaban J connectivity index is 1.73. The number of carbonyl (C=O) groups is 2. The van der Waals surface area contributed by atoms with Crippen LogP contribution >= 0.6 is 22.6 Å². The summed E-state index contributed by atoms with van der Waals surface area (Å²) in [4.78, 5) is 27.3. The highest BCUT2D eigenvalue weighted by atomic mass is 127. The van der Waals surface area contributed by atoms with Gasteiger partial charge in [0, 0.05) is 16.7 Å². The number of hydrogen-bond donors (Lipinski definition) is 0. The molecule has 2 saturated carbocycles. The zero-order valence-electron chi connectivity index (χ0n) is 21.8. The van der Waals surface area contributed by atoms with E-state index in [0.29, 0.717) is 0 Å². The maximum Gasteiger partial charge on any atom is 0.174 e. The highest BCUT2D eigenvalue weighted by molar-refractivity contribution is 14.1. The minimum absolute atomic E-state index is 0.0425. The van der Waals surface area contributed by atoms with Crippen LogP contribution in [0.15, 0.2) is 33.0 Å². The molecule has 5 aliphatic rings. The molecule has 5 rings (SSSR count). The first-order valence-corrected chi connectivity index (χ1v) is 14.0. The third kappa shape index (κ3) is 2.80. The molecule has 3 nitrogen and oxygen atoms in total. The van der Waals surface area contributed by atoms with Gasteiger partial charge in [0.2, 0.25) is 0 Å². The van der Waals surface area contributed by atoms with Crippen molar-refractivity contribution in [2.45, 2.75) is 87.0 Å². The fourth-order valence-corrected chi connectivity index (χ4v) is 10.5. The lowest BCUT2D eigenvalue weighted by Crippen LogP contribution is -2.64. The Labute approximate surface area is 218 Å². The third-order valence-electron chi connectivity index (χ3n) is 11.5. The molecule has 0 amide bonds. The lowest BCUT2D eigenvalue weighted by molar-refractivity contribution is -0.164. The SMILES string of the molecule is CC1(C)C(=O)C(I)=C[C@]2(C)[C@H]3C(=O)C=C4C5=C[C@@](C)(C#N)CC[C@]5(C)CC[C@@]4(C)[C@]3(C)CC[C@@H]12. The monoisotopic (exact) mass is 571 g/mol. The first kappa shape index (κ1) is 24.5. The Hall–Kier alpha value is -1.22. The van der Waals surface area contributed by atoms with Gasteiger partial charge < -0.3 is 0 Å². The number of fused-ring (bicyclic) bond motifs is 7. The summed E-state index contributed by atoms with van der Waals surface area (Å²) in [5.41, 5.74) is 0.935. The van der Waals surface area contributed by atoms with E-state index in [2.05, 4.69) is 82.4 Å². The normalized spacial score (nSPS) is 49.3. The van der Waals surface area contributed by atoms with Crippen LogP contribution in [0.4, 0.5) is 0 Å². The smallest absolute Gasteiger partial charge is 0.174 e. The molecule has 0 aliphatic heterocycles. The zero-order valence-corrected chi connectivity index (χ0v) is 23.9. The summed E-state index contributed by atoms with van der Waals surface area (Å²) < 4.78 is 0.786. The molecule has 2 fully saturated rings. The van der Waals surface area contributed by atoms with E-state index in [4.69, 9.17) is 0 Å². The minimum atomic E-state index is -0.467. The maximum atomic E-state index is 14.2. The van der Waals surface area contributed by atoms with Crippen molar-refractivity contribution in [3.05, 3.63) is 33.0 Å². The Morgan fingerprint density at radius 2 is 1.56 bits per heavy atom. The fraction of sp³-hybridized carbons (Fsp3) is 0.700. The van der Waals surface area contributed by atoms with E-state index in [0.717, 1.165) is 42.1 Å². The molecular weight excluding hydrogens is 533 g/mol. The summed E-state index contributed by atoms with van der Waals surface area (Å²) in [7, 11) is 0. The molecule has 34 heavy (non-hydrogen) atoms. The summed E-state index contributed by atoms with van der Waals surface area (Å²) in [6.07, 6.45) is 12.3. The molecule has 182 valence electrons. The lowest BCUT2D eigenvalue weighted by atomic mass is 9.35. The summed E-state index contributed by atoms with van der Waals surface area (Å²) in [6.45, 7) is 15.6. The lowest BCUT2D eigenvalue weighted by Gasteiger charge is -2.67. The number of rotatable bonds is 0. The first-order chi connectivity index (χ1) is 15.6. The molecule has 4 heteroatoms. The molecule has 0 N–H and O–H groups in total. The Kier molecular flexibility index (Phi) is 5.01. The van der Waals surface area contributed by atoms with E-state index in [9.17, 15) is 14.9 Å². The van der Waals surface area contributed by atoms with E-state index in [1.165, 1.54) is 11.1 Å². The second-order valence-electron chi connectivity index (χ2n) is 13.8. The number of ketones is 2. The number of halogens is 1. The molecule has 0 unspecified atom stereocenters. The number of allylic oxidation sites excluding steroid dienone is 6. The molecule has 0 bridgehead atoms. The van der Waals surface area contributed by atoms with Crippen molar-refractivity contribution in [2.75, 3.05) is 0 Å². The van der Waals surface area contributed by atoms with E-state index < -0.39 is 10.8 Å². The number of Topliss-reactive ketones (excluding diaryl/α,β-unsaturated/α-hetero) is 1. The largest absolute Gasteiger partial charge is 0.294 e. The average Bonchev–Trinajstić information content (AvgIpc) is 2.75. The number of nitriles is 1. The molecule has 0 aromatic carbocycles. The first-order valence-electron chi connectivity index (χ1n) is 12.9. The van der Waals surface area contributed by atoms with Crippen molar-refractivity contribution in [2.24, 2.45) is 44.3 Å². The van der Waals surface area contributed by atoms with Crippen LogP contribution in [0.25, 0.3) is 0 Å². The van der Waals surface area contributed by atoms with Crippen LogP contribution in [0, 0.1) is 55.7 Å². The van der Waals surface area contributed by atoms with Crippen LogP contribution in [0.2, 0.25) is 0 Å². The van der Waals surface area contributed by atoms with Crippen LogP contribution in [-0.2, 0) is 9.59 Å². The second-order valence-corrected chi connectivity index (χ2v) is 15.0. The number of nitrogens with zero attached hydrogens (tertiary/aromatic N) is 1. The van der Waals surface area contributed by atoms with Crippen LogP contribution in [-0.4, -0.2) is 11.6 Å². The van der Waals surface area contributed by atoms with Gasteiger partial charge in [0.25, 0.3) is 0 Å². The zero-order chi connectivity index (χ0) is 25.1. The summed E-state index contributed by atoms with van der Waals surface area (Å²) in [6, 6.07) is 2.55. The molecule has 0 aromatic heterocycles. The van der Waals surface area contributed by atoms with Gasteiger partial charge >= 0.3 is 0 Å². The summed E-state index contributed by atoms with van der Waals surface area (Å²) in [5, 5.41) is 9.92. The van der Waals surface area contributed by atoms with Crippen LogP contribution < -0.4 is 0 Å². The van der Waals surface area contributed by atoms with E-state index in [1.54, 1.807) is 0 Å². The Bertz CT molecular complexity index is 1150. The van der Waals surface area contributed by atoms with E-state index in [1.807, 2.05) is 13.0 Å². The van der Waals surface area contributed by atoms with Crippen LogP contribution in [0.3, 0.4) is 0 Å². The molecule has 0 aromatic rings. The maximum absolute atomic E-state index is 14.2. The van der Waals surface area contributed by atoms with Gasteiger partial charge in [-0.15, -0.1) is 0 Å². The Morgan fingerprint density at radius 1 is 0.912 bits per heavy atom. The summed E-state index contributed by atoms with van der Waals surface area (Å²) >= 11 is 2.20. The van der Waals surface area contributed by atoms with Crippen LogP contribution in [0.1, 0.15) is 87.0 Å². The molecule has 5 aliphatic carbocycles. The number of hydrogen-bond acceptors (Lipinski definition) is 3. The molecular formula is C30H38INO2. The van der Waals surface area contributed by atoms with E-state index >= 15 is 0 Å². The van der Waals surface area contributed by atoms with Gasteiger partial charge in [-0.25, -0.2) is 0 Å². The highest BCUT2D eigenvalue weighted by Gasteiger charge is 2.69. The van der Waals surface area contributed by atoms with Gasteiger partial charge in [0.05, 0.1) is 15.1 Å². The molecule has 0 radical (unpaired) electrons.